The zero-order valence-corrected chi connectivity index (χ0v) is 10.6. The van der Waals surface area contributed by atoms with Gasteiger partial charge in [-0.05, 0) is 24.3 Å². The Morgan fingerprint density at radius 3 is 2.95 bits per heavy atom. The third kappa shape index (κ3) is 1.65. The quantitative estimate of drug-likeness (QED) is 0.555. The van der Waals surface area contributed by atoms with E-state index in [-0.39, 0.29) is 0 Å². The van der Waals surface area contributed by atoms with Crippen LogP contribution in [-0.4, -0.2) is 19.9 Å². The highest BCUT2D eigenvalue weighted by atomic mass is 32.1. The first-order chi connectivity index (χ1) is 9.29. The highest BCUT2D eigenvalue weighted by Crippen LogP contribution is 2.28. The van der Waals surface area contributed by atoms with Crippen molar-refractivity contribution in [2.24, 2.45) is 0 Å². The molecule has 4 aromatic rings. The number of nitrogens with zero attached hydrogens (tertiary/aromatic N) is 3. The fourth-order valence-corrected chi connectivity index (χ4v) is 2.86. The van der Waals surface area contributed by atoms with E-state index in [2.05, 4.69) is 26.0 Å². The number of aromatic nitrogens is 4. The molecule has 0 aliphatic heterocycles. The minimum absolute atomic E-state index is 0.584. The van der Waals surface area contributed by atoms with Crippen molar-refractivity contribution in [1.29, 1.82) is 0 Å². The number of anilines is 1. The van der Waals surface area contributed by atoms with Crippen LogP contribution in [-0.2, 0) is 0 Å². The van der Waals surface area contributed by atoms with Crippen molar-refractivity contribution in [1.82, 2.24) is 19.9 Å². The number of nitrogens with one attached hydrogen (secondary N) is 1. The molecule has 92 valence electrons. The summed E-state index contributed by atoms with van der Waals surface area (Å²) in [6, 6.07) is 7.89. The highest BCUT2D eigenvalue weighted by molar-refractivity contribution is 7.22. The van der Waals surface area contributed by atoms with Crippen molar-refractivity contribution in [2.75, 3.05) is 5.73 Å². The van der Waals surface area contributed by atoms with Crippen molar-refractivity contribution in [3.05, 3.63) is 36.7 Å². The summed E-state index contributed by atoms with van der Waals surface area (Å²) >= 11 is 1.48. The Bertz CT molecular complexity index is 859. The molecule has 19 heavy (non-hydrogen) atoms. The average molecular weight is 267 g/mol. The first-order valence-electron chi connectivity index (χ1n) is 5.76. The zero-order valence-electron chi connectivity index (χ0n) is 9.79. The summed E-state index contributed by atoms with van der Waals surface area (Å²) in [5.74, 6) is 0.830. The number of thiazole rings is 1. The predicted molar refractivity (Wildman–Crippen MR) is 76.9 cm³/mol. The maximum atomic E-state index is 5.72. The summed E-state index contributed by atoms with van der Waals surface area (Å²) in [7, 11) is 0. The van der Waals surface area contributed by atoms with Gasteiger partial charge in [0, 0.05) is 11.8 Å². The summed E-state index contributed by atoms with van der Waals surface area (Å²) in [6.45, 7) is 0. The lowest BCUT2D eigenvalue weighted by Crippen LogP contribution is -1.80. The van der Waals surface area contributed by atoms with Gasteiger partial charge in [-0.2, -0.15) is 0 Å². The van der Waals surface area contributed by atoms with E-state index >= 15 is 0 Å². The summed E-state index contributed by atoms with van der Waals surface area (Å²) in [6.07, 6.45) is 3.51. The van der Waals surface area contributed by atoms with Crippen LogP contribution >= 0.6 is 11.3 Å². The van der Waals surface area contributed by atoms with Gasteiger partial charge in [-0.25, -0.2) is 9.97 Å². The number of nitrogen functional groups attached to an aromatic ring is 1. The van der Waals surface area contributed by atoms with Crippen LogP contribution in [0.4, 0.5) is 5.13 Å². The molecule has 0 saturated carbocycles. The van der Waals surface area contributed by atoms with Crippen LogP contribution in [0, 0.1) is 0 Å². The van der Waals surface area contributed by atoms with Gasteiger partial charge in [0.1, 0.15) is 5.82 Å². The normalized spacial score (nSPS) is 11.4. The van der Waals surface area contributed by atoms with Gasteiger partial charge in [-0.3, -0.25) is 4.98 Å². The molecule has 0 aliphatic rings. The molecule has 5 nitrogen and oxygen atoms in total. The SMILES string of the molecule is Nc1nc2ccc(-c3nc4ccncc4[nH]3)cc2s1. The second-order valence-corrected chi connectivity index (χ2v) is 5.28. The van der Waals surface area contributed by atoms with E-state index in [0.29, 0.717) is 5.13 Å². The van der Waals surface area contributed by atoms with Crippen LogP contribution in [0.2, 0.25) is 0 Å². The van der Waals surface area contributed by atoms with Gasteiger partial charge < -0.3 is 10.7 Å². The molecule has 0 aliphatic carbocycles. The molecular weight excluding hydrogens is 258 g/mol. The number of H-pyrrole nitrogens is 1. The molecule has 0 fully saturated rings. The lowest BCUT2D eigenvalue weighted by molar-refractivity contribution is 1.33. The number of aromatic amines is 1. The third-order valence-electron chi connectivity index (χ3n) is 2.96. The number of pyridine rings is 1. The van der Waals surface area contributed by atoms with Gasteiger partial charge in [0.15, 0.2) is 5.13 Å². The molecule has 0 bridgehead atoms. The number of hydrogen-bond donors (Lipinski definition) is 2. The van der Waals surface area contributed by atoms with Gasteiger partial charge >= 0.3 is 0 Å². The Morgan fingerprint density at radius 2 is 2.05 bits per heavy atom. The average Bonchev–Trinajstić information content (AvgIpc) is 2.99. The van der Waals surface area contributed by atoms with E-state index in [1.807, 2.05) is 18.2 Å². The fraction of sp³-hybridized carbons (Fsp3) is 0. The Balaban J connectivity index is 1.92. The minimum Gasteiger partial charge on any atom is -0.375 e. The smallest absolute Gasteiger partial charge is 0.181 e. The molecule has 3 aromatic heterocycles. The molecule has 3 heterocycles. The Kier molecular flexibility index (Phi) is 2.07. The Labute approximate surface area is 112 Å². The molecule has 3 N–H and O–H groups in total. The second-order valence-electron chi connectivity index (χ2n) is 4.21. The zero-order chi connectivity index (χ0) is 12.8. The predicted octanol–water partition coefficient (Wildman–Crippen LogP) is 2.82. The third-order valence-corrected chi connectivity index (χ3v) is 3.81. The van der Waals surface area contributed by atoms with E-state index in [0.717, 1.165) is 32.6 Å². The summed E-state index contributed by atoms with van der Waals surface area (Å²) in [5.41, 5.74) is 9.50. The number of nitrogens with two attached hydrogens (primary N) is 1. The summed E-state index contributed by atoms with van der Waals surface area (Å²) in [5, 5.41) is 0.584. The summed E-state index contributed by atoms with van der Waals surface area (Å²) < 4.78 is 1.06. The molecular formula is C13H9N5S. The van der Waals surface area contributed by atoms with E-state index in [9.17, 15) is 0 Å². The number of hydrogen-bond acceptors (Lipinski definition) is 5. The summed E-state index contributed by atoms with van der Waals surface area (Å²) in [4.78, 5) is 16.1. The van der Waals surface area contributed by atoms with Crippen molar-refractivity contribution in [2.45, 2.75) is 0 Å². The van der Waals surface area contributed by atoms with Crippen LogP contribution in [0.5, 0.6) is 0 Å². The van der Waals surface area contributed by atoms with Crippen molar-refractivity contribution in [3.63, 3.8) is 0 Å². The van der Waals surface area contributed by atoms with Gasteiger partial charge in [0.2, 0.25) is 0 Å². The largest absolute Gasteiger partial charge is 0.375 e. The molecule has 0 spiro atoms. The molecule has 6 heteroatoms. The molecule has 0 saturated heterocycles. The number of benzene rings is 1. The first kappa shape index (κ1) is 10.5. The molecule has 0 unspecified atom stereocenters. The number of imidazole rings is 1. The number of rotatable bonds is 1. The van der Waals surface area contributed by atoms with E-state index in [1.165, 1.54) is 11.3 Å². The van der Waals surface area contributed by atoms with Crippen LogP contribution in [0.25, 0.3) is 32.6 Å². The van der Waals surface area contributed by atoms with Crippen molar-refractivity contribution >= 4 is 37.7 Å². The Hall–Kier alpha value is -2.47. The maximum absolute atomic E-state index is 5.72. The van der Waals surface area contributed by atoms with Gasteiger partial charge in [-0.1, -0.05) is 11.3 Å². The van der Waals surface area contributed by atoms with Crippen LogP contribution in [0.15, 0.2) is 36.7 Å². The van der Waals surface area contributed by atoms with Crippen molar-refractivity contribution < 1.29 is 0 Å². The first-order valence-corrected chi connectivity index (χ1v) is 6.57. The van der Waals surface area contributed by atoms with E-state index in [1.54, 1.807) is 12.4 Å². The van der Waals surface area contributed by atoms with Crippen LogP contribution in [0.3, 0.4) is 0 Å². The van der Waals surface area contributed by atoms with Crippen LogP contribution in [0.1, 0.15) is 0 Å². The van der Waals surface area contributed by atoms with Gasteiger partial charge in [-0.15, -0.1) is 0 Å². The van der Waals surface area contributed by atoms with E-state index < -0.39 is 0 Å². The van der Waals surface area contributed by atoms with Crippen LogP contribution < -0.4 is 5.73 Å². The fourth-order valence-electron chi connectivity index (χ4n) is 2.08. The molecule has 4 rings (SSSR count). The maximum Gasteiger partial charge on any atom is 0.181 e. The standard InChI is InChI=1S/C13H9N5S/c14-13-18-9-2-1-7(5-11(9)19-13)12-16-8-3-4-15-6-10(8)17-12/h1-6H,(H2,14,18)(H,16,17). The van der Waals surface area contributed by atoms with Gasteiger partial charge in [0.05, 0.1) is 27.4 Å². The lowest BCUT2D eigenvalue weighted by Gasteiger charge is -1.95. The van der Waals surface area contributed by atoms with E-state index in [4.69, 9.17) is 5.73 Å². The second kappa shape index (κ2) is 3.76. The van der Waals surface area contributed by atoms with Gasteiger partial charge in [0.25, 0.3) is 0 Å². The number of fused-ring (bicyclic) bond motifs is 2. The molecule has 0 radical (unpaired) electrons. The monoisotopic (exact) mass is 267 g/mol. The molecule has 0 atom stereocenters. The lowest BCUT2D eigenvalue weighted by atomic mass is 10.2. The molecule has 0 amide bonds. The topological polar surface area (TPSA) is 80.5 Å². The van der Waals surface area contributed by atoms with Crippen molar-refractivity contribution in [3.8, 4) is 11.4 Å². The Morgan fingerprint density at radius 1 is 1.11 bits per heavy atom. The minimum atomic E-state index is 0.584. The molecule has 1 aromatic carbocycles. The highest BCUT2D eigenvalue weighted by Gasteiger charge is 2.07.